The van der Waals surface area contributed by atoms with Crippen molar-refractivity contribution in [2.75, 3.05) is 89.6 Å². The number of halogens is 5. The van der Waals surface area contributed by atoms with Crippen LogP contribution in [0.2, 0.25) is 0 Å². The number of alkyl halides is 4. The fourth-order valence-electron chi connectivity index (χ4n) is 19.6. The fraction of sp³-hybridized carbons (Fsp3) is 0.470. The van der Waals surface area contributed by atoms with Gasteiger partial charge in [0.05, 0.1) is 94.7 Å². The molecule has 7 amide bonds. The normalized spacial score (nSPS) is 22.5. The second-order valence-corrected chi connectivity index (χ2v) is 36.9. The van der Waals surface area contributed by atoms with E-state index in [9.17, 15) is 68.9 Å². The van der Waals surface area contributed by atoms with Crippen LogP contribution in [0.25, 0.3) is 11.1 Å². The molecule has 41 heteroatoms. The molecule has 0 radical (unpaired) electrons. The molecule has 8 aromatic rings. The quantitative estimate of drug-likeness (QED) is 0.00934. The Morgan fingerprint density at radius 3 is 1.23 bits per heavy atom. The number of carbonyl (C=O) groups excluding carboxylic acids is 8. The van der Waals surface area contributed by atoms with Crippen molar-refractivity contribution in [3.05, 3.63) is 194 Å². The Balaban J connectivity index is 0.000000158. The summed E-state index contributed by atoms with van der Waals surface area (Å²) < 4.78 is 96.6. The number of ether oxygens (including phenoxy) is 3. The van der Waals surface area contributed by atoms with E-state index in [1.165, 1.54) is 81.2 Å². The molecule has 8 unspecified atom stereocenters. The maximum atomic E-state index is 15.9. The molecular weight excluding hydrogens is 1820 g/mol. The van der Waals surface area contributed by atoms with Crippen LogP contribution in [-0.2, 0) is 73.8 Å². The Labute approximate surface area is 812 Å². The van der Waals surface area contributed by atoms with Crippen LogP contribution >= 0.6 is 0 Å². The number of carbonyl (C=O) groups is 8. The first-order valence-electron chi connectivity index (χ1n) is 46.9. The number of aromatic hydroxyl groups is 1. The van der Waals surface area contributed by atoms with E-state index in [0.29, 0.717) is 69.4 Å². The monoisotopic (exact) mass is 1940 g/mol. The van der Waals surface area contributed by atoms with Crippen molar-refractivity contribution in [3.8, 4) is 42.4 Å². The van der Waals surface area contributed by atoms with Crippen molar-refractivity contribution in [1.29, 1.82) is 21.0 Å². The van der Waals surface area contributed by atoms with Crippen LogP contribution in [-0.4, -0.2) is 215 Å². The van der Waals surface area contributed by atoms with Gasteiger partial charge in [0.25, 0.3) is 23.6 Å². The molecular formula is C100H115F5N24O12. The number of nitrogens with two attached hydrogens (primary N) is 4. The van der Waals surface area contributed by atoms with E-state index in [4.69, 9.17) is 29.4 Å². The van der Waals surface area contributed by atoms with Crippen LogP contribution in [0.4, 0.5) is 53.8 Å². The van der Waals surface area contributed by atoms with Crippen molar-refractivity contribution in [3.63, 3.8) is 0 Å². The number of amides is 7. The number of aromatic nitrogens is 9. The number of phenolic OH excluding ortho intramolecular Hbond substituents is 1. The van der Waals surface area contributed by atoms with Crippen LogP contribution in [0.3, 0.4) is 0 Å². The first-order chi connectivity index (χ1) is 67.7. The smallest absolute Gasteiger partial charge is 0.412 e. The van der Waals surface area contributed by atoms with Gasteiger partial charge in [0.1, 0.15) is 75.1 Å². The average molecular weight is 1940 g/mol. The zero-order chi connectivity index (χ0) is 101. The summed E-state index contributed by atoms with van der Waals surface area (Å²) in [7, 11) is 3.44. The van der Waals surface area contributed by atoms with Gasteiger partial charge in [0.15, 0.2) is 17.5 Å². The van der Waals surface area contributed by atoms with Gasteiger partial charge >= 0.3 is 18.3 Å². The van der Waals surface area contributed by atoms with E-state index in [1.807, 2.05) is 64.4 Å². The van der Waals surface area contributed by atoms with E-state index in [2.05, 4.69) is 109 Å². The van der Waals surface area contributed by atoms with Gasteiger partial charge < -0.3 is 42.3 Å². The number of anilines is 3. The van der Waals surface area contributed by atoms with Gasteiger partial charge in [-0.2, -0.15) is 45.8 Å². The number of terminal acetylenes is 1. The van der Waals surface area contributed by atoms with Gasteiger partial charge in [-0.15, -0.1) is 6.42 Å². The highest BCUT2D eigenvalue weighted by Gasteiger charge is 2.52. The number of rotatable bonds is 29. The van der Waals surface area contributed by atoms with Crippen molar-refractivity contribution in [1.82, 2.24) is 63.7 Å². The highest BCUT2D eigenvalue weighted by Crippen LogP contribution is 2.45. The predicted octanol–water partition coefficient (Wildman–Crippen LogP) is 12.8. The third-order valence-electron chi connectivity index (χ3n) is 27.9. The summed E-state index contributed by atoms with van der Waals surface area (Å²) in [6, 6.07) is 33.5. The van der Waals surface area contributed by atoms with Gasteiger partial charge in [-0.25, -0.2) is 36.9 Å². The van der Waals surface area contributed by atoms with E-state index in [0.717, 1.165) is 112 Å². The molecule has 0 spiro atoms. The zero-order valence-corrected chi connectivity index (χ0v) is 78.8. The average Bonchev–Trinajstić information content (AvgIpc) is 1.66. The lowest BCUT2D eigenvalue weighted by Gasteiger charge is -2.43. The van der Waals surface area contributed by atoms with E-state index >= 15 is 17.6 Å². The minimum absolute atomic E-state index is 0.0124. The second kappa shape index (κ2) is 46.4. The highest BCUT2D eigenvalue weighted by atomic mass is 19.2. The number of nitriles is 4. The molecule has 0 bridgehead atoms. The Hall–Kier alpha value is -14.7. The number of pyridine rings is 1. The lowest BCUT2D eigenvalue weighted by Crippen LogP contribution is -2.54. The van der Waals surface area contributed by atoms with Crippen LogP contribution in [0.5, 0.6) is 5.75 Å². The van der Waals surface area contributed by atoms with Crippen molar-refractivity contribution in [2.45, 2.75) is 220 Å². The van der Waals surface area contributed by atoms with Gasteiger partial charge in [-0.1, -0.05) is 91.9 Å². The number of methoxy groups -OCH3 is 3. The molecule has 2 saturated carbocycles. The Morgan fingerprint density at radius 2 is 0.865 bits per heavy atom. The molecule has 9 heterocycles. The summed E-state index contributed by atoms with van der Waals surface area (Å²) in [5, 5.41) is 72.5. The molecule has 36 nitrogen and oxygen atoms in total. The minimum Gasteiger partial charge on any atom is -0.507 e. The summed E-state index contributed by atoms with van der Waals surface area (Å²) in [4.78, 5) is 107. The summed E-state index contributed by atoms with van der Waals surface area (Å²) in [5.41, 5.74) is 25.8. The minimum atomic E-state index is -1.59. The van der Waals surface area contributed by atoms with Crippen molar-refractivity contribution in [2.24, 2.45) is 28.9 Å². The molecule has 8 aliphatic rings. The van der Waals surface area contributed by atoms with E-state index < -0.39 is 94.7 Å². The molecule has 742 valence electrons. The third kappa shape index (κ3) is 24.2. The second-order valence-electron chi connectivity index (χ2n) is 36.9. The Morgan fingerprint density at radius 1 is 0.482 bits per heavy atom. The SMILES string of the molecule is C#Cc1ccc(CN2CCC(CC#N)(n3cc(C(N)=O)c(NC(=O)OC)n3)C(F)C2)cc1.COC(=O)Nc1nn(C2(CC#N)CCN(Cc3ccc(C4=CCCC4)c(O)c3)CC2F)cc1C(N)=O.COC(=O)Nc1nn(C2(CC#N)CCN(Cc3ccc(C4=CCCC4)nc3F)CC2F)cc1C(N)=O.N#CCC1(n2cc(C(N)=O)c(CC(=O)C3CC3)n2)CCN(Cc2ccc(C3CCCCC3)cc2)CC1F. The van der Waals surface area contributed by atoms with Crippen molar-refractivity contribution < 1.29 is 79.6 Å². The summed E-state index contributed by atoms with van der Waals surface area (Å²) in [5.74, 6) is -0.876. The number of allylic oxidation sites excluding steroid dienone is 4. The highest BCUT2D eigenvalue weighted by molar-refractivity contribution is 6.02. The first kappa shape index (κ1) is 104. The molecule has 4 aliphatic heterocycles. The zero-order valence-electron chi connectivity index (χ0n) is 78.8. The first-order valence-corrected chi connectivity index (χ1v) is 46.9. The number of piperidine rings is 4. The number of hydrogen-bond acceptors (Lipinski definition) is 25. The largest absolute Gasteiger partial charge is 0.507 e. The molecule has 8 atom stereocenters. The van der Waals surface area contributed by atoms with Crippen LogP contribution in [0, 0.1) is 69.5 Å². The lowest BCUT2D eigenvalue weighted by atomic mass is 9.82. The molecule has 3 aromatic carbocycles. The van der Waals surface area contributed by atoms with Gasteiger partial charge in [0, 0.05) is 126 Å². The van der Waals surface area contributed by atoms with Gasteiger partial charge in [0.2, 0.25) is 5.95 Å². The van der Waals surface area contributed by atoms with E-state index in [1.54, 1.807) is 23.1 Å². The number of ketones is 1. The molecule has 4 saturated heterocycles. The number of nitrogens with zero attached hydrogens (tertiary/aromatic N) is 17. The molecule has 5 aromatic heterocycles. The fourth-order valence-corrected chi connectivity index (χ4v) is 19.6. The standard InChI is InChI=1S/C29H36FN5O2.C25H29FN6O4.C24H27F2N7O3.C22H23FN6O3/c30-27-19-34(17-20-6-8-22(9-7-20)21-4-2-1-3-5-21)15-13-29(27,12-14-31)35-18-24(28(32)37)25(33-35)16-26(36)23-10-11-23;1-36-24(35)29-23-19(22(28)34)14-32(30-23)25(8-10-27)9-11-31(15-21(25)26)13-16-6-7-18(20(33)12-16)17-4-2-3-5-17;1-36-23(35)30-22-17(21(28)34)13-33(31-22)24(8-10-27)9-11-32(14-19(24)25)12-16-6-7-18(29-20(16)26)15-4-2-3-5-15;1-3-15-4-6-16(7-5-15)12-28-11-9-22(8-10-24,18(23)14-28)29-13-17(19(25)30)20(27-29)26-21(31)32-2/h6-9,18,21,23,27H,1-5,10-13,15-17,19H2,(H2,32,37);4,6-7,12,14,21,33H,2-3,5,8-9,11,13,15H2,1H3,(H2,28,34)(H,29,30,35);4,6-7,13,19H,2-3,5,8-9,11-12,14H2,1H3,(H2,28,34)(H,30,31,35);1,4-7,13,18H,8-9,11-12,14H2,2H3,(H2,25,30)(H,26,27,31). The van der Waals surface area contributed by atoms with Crippen LogP contribution in [0.15, 0.2) is 116 Å². The predicted molar refractivity (Wildman–Crippen MR) is 507 cm³/mol. The number of likely N-dealkylation sites (tertiary alicyclic amines) is 4. The van der Waals surface area contributed by atoms with Crippen molar-refractivity contribution >= 4 is 76.3 Å². The summed E-state index contributed by atoms with van der Waals surface area (Å²) >= 11 is 0. The number of Topliss-reactive ketones (excluding diaryl/α,β-unsaturated/α-hetero) is 1. The van der Waals surface area contributed by atoms with Gasteiger partial charge in [-0.3, -0.25) is 78.2 Å². The third-order valence-corrected chi connectivity index (χ3v) is 27.9. The topological polar surface area (TPSA) is 517 Å². The summed E-state index contributed by atoms with van der Waals surface area (Å²) in [6.45, 7) is 3.74. The number of benzene rings is 3. The number of nitrogens with one attached hydrogen (secondary N) is 3. The lowest BCUT2D eigenvalue weighted by molar-refractivity contribution is -0.119. The molecule has 4 aliphatic carbocycles. The van der Waals surface area contributed by atoms with Crippen LogP contribution < -0.4 is 38.9 Å². The molecule has 12 N–H and O–H groups in total. The number of phenols is 1. The van der Waals surface area contributed by atoms with Crippen LogP contribution in [0.1, 0.15) is 233 Å². The maximum absolute atomic E-state index is 15.9. The van der Waals surface area contributed by atoms with E-state index in [-0.39, 0.29) is 147 Å². The maximum Gasteiger partial charge on any atom is 0.412 e. The number of primary amides is 4. The summed E-state index contributed by atoms with van der Waals surface area (Å²) in [6.07, 6.45) is 20.8. The molecule has 16 rings (SSSR count). The molecule has 6 fully saturated rings. The van der Waals surface area contributed by atoms with Gasteiger partial charge in [-0.05, 0) is 153 Å². The number of hydrogen-bond donors (Lipinski definition) is 8. The molecule has 141 heavy (non-hydrogen) atoms. The Kier molecular flexibility index (Phi) is 34.1. The Bertz CT molecular complexity index is 6210.